The van der Waals surface area contributed by atoms with Gasteiger partial charge in [0.15, 0.2) is 5.13 Å². The highest BCUT2D eigenvalue weighted by Crippen LogP contribution is 2.24. The van der Waals surface area contributed by atoms with Crippen LogP contribution in [0.4, 0.5) is 5.13 Å². The molecule has 1 atom stereocenters. The van der Waals surface area contributed by atoms with Crippen molar-refractivity contribution < 1.29 is 9.59 Å². The summed E-state index contributed by atoms with van der Waals surface area (Å²) in [5.41, 5.74) is 7.66. The lowest BCUT2D eigenvalue weighted by Crippen LogP contribution is -2.47. The Hall–Kier alpha value is -2.71. The topological polar surface area (TPSA) is 102 Å². The summed E-state index contributed by atoms with van der Waals surface area (Å²) in [4.78, 5) is 28.6. The van der Waals surface area contributed by atoms with Crippen molar-refractivity contribution in [2.24, 2.45) is 5.73 Å². The average Bonchev–Trinajstić information content (AvgIpc) is 3.22. The van der Waals surface area contributed by atoms with Gasteiger partial charge in [0.2, 0.25) is 0 Å². The fourth-order valence-electron chi connectivity index (χ4n) is 2.89. The molecule has 1 aliphatic heterocycles. The molecular formula is C16H15N5O2S. The molecule has 7 nitrogen and oxygen atoms in total. The molecule has 2 aromatic heterocycles. The second-order valence-corrected chi connectivity index (χ2v) is 6.51. The van der Waals surface area contributed by atoms with Gasteiger partial charge < -0.3 is 15.6 Å². The molecule has 8 heteroatoms. The van der Waals surface area contributed by atoms with Gasteiger partial charge in [-0.25, -0.2) is 4.98 Å². The normalized spacial score (nSPS) is 16.7. The zero-order valence-electron chi connectivity index (χ0n) is 12.7. The van der Waals surface area contributed by atoms with Crippen LogP contribution in [0.5, 0.6) is 0 Å². The van der Waals surface area contributed by atoms with E-state index in [1.165, 1.54) is 11.3 Å². The highest BCUT2D eigenvalue weighted by molar-refractivity contribution is 7.13. The van der Waals surface area contributed by atoms with Gasteiger partial charge in [-0.05, 0) is 18.2 Å². The van der Waals surface area contributed by atoms with E-state index in [1.807, 2.05) is 16.7 Å². The highest BCUT2D eigenvalue weighted by atomic mass is 32.1. The number of fused-ring (bicyclic) bond motifs is 3. The maximum absolute atomic E-state index is 12.4. The Balaban J connectivity index is 1.73. The lowest BCUT2D eigenvalue weighted by Gasteiger charge is -2.25. The Morgan fingerprint density at radius 1 is 1.46 bits per heavy atom. The largest absolute Gasteiger partial charge is 0.345 e. The first-order valence-electron chi connectivity index (χ1n) is 7.51. The first kappa shape index (κ1) is 14.9. The SMILES string of the molecule is NC[C@H]1Cn2c(cc3ccc(C(=O)Nc4nccs4)cc32)C(=O)N1. The van der Waals surface area contributed by atoms with Gasteiger partial charge in [-0.1, -0.05) is 6.07 Å². The van der Waals surface area contributed by atoms with Gasteiger partial charge in [0.1, 0.15) is 5.69 Å². The third kappa shape index (κ3) is 2.45. The summed E-state index contributed by atoms with van der Waals surface area (Å²) in [5, 5.41) is 8.92. The van der Waals surface area contributed by atoms with Gasteiger partial charge in [0.05, 0.1) is 6.04 Å². The van der Waals surface area contributed by atoms with Crippen LogP contribution >= 0.6 is 11.3 Å². The number of benzene rings is 1. The molecule has 0 bridgehead atoms. The Morgan fingerprint density at radius 2 is 2.33 bits per heavy atom. The maximum atomic E-state index is 12.4. The van der Waals surface area contributed by atoms with E-state index in [0.29, 0.717) is 29.5 Å². The van der Waals surface area contributed by atoms with Crippen LogP contribution in [0.3, 0.4) is 0 Å². The Bertz CT molecular complexity index is 932. The fraction of sp³-hybridized carbons (Fsp3) is 0.188. The van der Waals surface area contributed by atoms with Crippen molar-refractivity contribution in [1.29, 1.82) is 0 Å². The molecule has 0 saturated heterocycles. The van der Waals surface area contributed by atoms with Crippen LogP contribution in [0.25, 0.3) is 10.9 Å². The van der Waals surface area contributed by atoms with Crippen LogP contribution in [0.15, 0.2) is 35.8 Å². The maximum Gasteiger partial charge on any atom is 0.268 e. The quantitative estimate of drug-likeness (QED) is 0.670. The summed E-state index contributed by atoms with van der Waals surface area (Å²) in [6, 6.07) is 7.12. The second kappa shape index (κ2) is 5.73. The van der Waals surface area contributed by atoms with E-state index in [0.717, 1.165) is 10.9 Å². The predicted octanol–water partition coefficient (Wildman–Crippen LogP) is 1.42. The van der Waals surface area contributed by atoms with Gasteiger partial charge in [-0.2, -0.15) is 0 Å². The summed E-state index contributed by atoms with van der Waals surface area (Å²) in [5.74, 6) is -0.361. The summed E-state index contributed by atoms with van der Waals surface area (Å²) >= 11 is 1.36. The average molecular weight is 341 g/mol. The minimum Gasteiger partial charge on any atom is -0.345 e. The van der Waals surface area contributed by atoms with E-state index in [9.17, 15) is 9.59 Å². The molecule has 3 heterocycles. The molecule has 24 heavy (non-hydrogen) atoms. The summed E-state index contributed by atoms with van der Waals surface area (Å²) in [6.45, 7) is 0.966. The minimum atomic E-state index is -0.224. The molecule has 4 N–H and O–H groups in total. The van der Waals surface area contributed by atoms with Crippen molar-refractivity contribution in [2.45, 2.75) is 12.6 Å². The Kier molecular flexibility index (Phi) is 3.55. The number of nitrogens with one attached hydrogen (secondary N) is 2. The van der Waals surface area contributed by atoms with Crippen LogP contribution < -0.4 is 16.4 Å². The summed E-state index contributed by atoms with van der Waals surface area (Å²) in [6.07, 6.45) is 1.64. The van der Waals surface area contributed by atoms with Crippen LogP contribution in [-0.2, 0) is 6.54 Å². The van der Waals surface area contributed by atoms with Crippen molar-refractivity contribution in [3.05, 3.63) is 47.1 Å². The number of thiazole rings is 1. The number of carbonyl (C=O) groups excluding carboxylic acids is 2. The molecular weight excluding hydrogens is 326 g/mol. The first-order valence-corrected chi connectivity index (χ1v) is 8.39. The molecule has 122 valence electrons. The third-order valence-electron chi connectivity index (χ3n) is 4.07. The number of amides is 2. The number of carbonyl (C=O) groups is 2. The van der Waals surface area contributed by atoms with Crippen molar-refractivity contribution in [3.63, 3.8) is 0 Å². The van der Waals surface area contributed by atoms with Crippen LogP contribution in [0.2, 0.25) is 0 Å². The van der Waals surface area contributed by atoms with Gasteiger partial charge in [0.25, 0.3) is 11.8 Å². The van der Waals surface area contributed by atoms with E-state index >= 15 is 0 Å². The molecule has 0 aliphatic carbocycles. The number of hydrogen-bond acceptors (Lipinski definition) is 5. The van der Waals surface area contributed by atoms with Gasteiger partial charge in [-0.15, -0.1) is 11.3 Å². The van der Waals surface area contributed by atoms with E-state index < -0.39 is 0 Å². The number of nitrogens with zero attached hydrogens (tertiary/aromatic N) is 2. The summed E-state index contributed by atoms with van der Waals surface area (Å²) in [7, 11) is 0. The van der Waals surface area contributed by atoms with E-state index in [4.69, 9.17) is 5.73 Å². The summed E-state index contributed by atoms with van der Waals surface area (Å²) < 4.78 is 1.92. The Labute approximate surface area is 141 Å². The fourth-order valence-corrected chi connectivity index (χ4v) is 3.42. The molecule has 0 spiro atoms. The monoisotopic (exact) mass is 341 g/mol. The zero-order chi connectivity index (χ0) is 16.7. The number of nitrogens with two attached hydrogens (primary N) is 1. The first-order chi connectivity index (χ1) is 11.7. The van der Waals surface area contributed by atoms with Crippen molar-refractivity contribution in [2.75, 3.05) is 11.9 Å². The second-order valence-electron chi connectivity index (χ2n) is 5.61. The molecule has 0 radical (unpaired) electrons. The van der Waals surface area contributed by atoms with E-state index in [2.05, 4.69) is 15.6 Å². The van der Waals surface area contributed by atoms with Crippen LogP contribution in [0, 0.1) is 0 Å². The standard InChI is InChI=1S/C16H15N5O2S/c17-7-11-8-21-12-6-10(14(22)20-16-18-3-4-24-16)2-1-9(12)5-13(21)15(23)19-11/h1-6,11H,7-8,17H2,(H,19,23)(H,18,20,22)/t11-/m0/s1. The van der Waals surface area contributed by atoms with Crippen molar-refractivity contribution in [1.82, 2.24) is 14.9 Å². The molecule has 4 rings (SSSR count). The molecule has 0 unspecified atom stereocenters. The molecule has 3 aromatic rings. The molecule has 2 amide bonds. The lowest BCUT2D eigenvalue weighted by molar-refractivity contribution is 0.0904. The molecule has 0 fully saturated rings. The van der Waals surface area contributed by atoms with Gasteiger partial charge >= 0.3 is 0 Å². The Morgan fingerprint density at radius 3 is 3.08 bits per heavy atom. The van der Waals surface area contributed by atoms with Crippen molar-refractivity contribution >= 4 is 39.2 Å². The minimum absolute atomic E-state index is 0.103. The number of aromatic nitrogens is 2. The lowest BCUT2D eigenvalue weighted by atomic mass is 10.1. The van der Waals surface area contributed by atoms with E-state index in [1.54, 1.807) is 23.7 Å². The van der Waals surface area contributed by atoms with Crippen LogP contribution in [0.1, 0.15) is 20.8 Å². The molecule has 0 saturated carbocycles. The van der Waals surface area contributed by atoms with Crippen LogP contribution in [-0.4, -0.2) is 34.0 Å². The predicted molar refractivity (Wildman–Crippen MR) is 92.3 cm³/mol. The number of hydrogen-bond donors (Lipinski definition) is 3. The number of anilines is 1. The molecule has 1 aromatic carbocycles. The van der Waals surface area contributed by atoms with E-state index in [-0.39, 0.29) is 17.9 Å². The molecule has 1 aliphatic rings. The highest BCUT2D eigenvalue weighted by Gasteiger charge is 2.25. The van der Waals surface area contributed by atoms with Gasteiger partial charge in [-0.3, -0.25) is 14.9 Å². The number of rotatable bonds is 3. The third-order valence-corrected chi connectivity index (χ3v) is 4.76. The van der Waals surface area contributed by atoms with Crippen molar-refractivity contribution in [3.8, 4) is 0 Å². The van der Waals surface area contributed by atoms with Gasteiger partial charge in [0, 0.05) is 41.1 Å². The zero-order valence-corrected chi connectivity index (χ0v) is 13.5. The smallest absolute Gasteiger partial charge is 0.268 e.